The molecule has 1 amide bonds. The first-order valence-corrected chi connectivity index (χ1v) is 7.00. The summed E-state index contributed by atoms with van der Waals surface area (Å²) in [5, 5.41) is 12.3. The molecular formula is C14H21BrN2O2. The van der Waals surface area contributed by atoms with E-state index in [2.05, 4.69) is 42.0 Å². The highest BCUT2D eigenvalue weighted by Gasteiger charge is 2.18. The predicted molar refractivity (Wildman–Crippen MR) is 81.1 cm³/mol. The van der Waals surface area contributed by atoms with Gasteiger partial charge in [0.05, 0.1) is 5.69 Å². The normalized spacial score (nSPS) is 13.1. The molecule has 1 aromatic rings. The highest BCUT2D eigenvalue weighted by atomic mass is 79.9. The molecule has 0 fully saturated rings. The van der Waals surface area contributed by atoms with Crippen LogP contribution in [0.15, 0.2) is 22.7 Å². The van der Waals surface area contributed by atoms with Gasteiger partial charge in [-0.15, -0.1) is 0 Å². The maximum absolute atomic E-state index is 11.9. The Kier molecular flexibility index (Phi) is 5.38. The van der Waals surface area contributed by atoms with E-state index in [-0.39, 0.29) is 29.5 Å². The van der Waals surface area contributed by atoms with Crippen LogP contribution in [0.3, 0.4) is 0 Å². The van der Waals surface area contributed by atoms with Crippen molar-refractivity contribution in [2.75, 3.05) is 5.32 Å². The largest absolute Gasteiger partial charge is 0.506 e. The van der Waals surface area contributed by atoms with Gasteiger partial charge >= 0.3 is 0 Å². The van der Waals surface area contributed by atoms with Gasteiger partial charge < -0.3 is 16.2 Å². The van der Waals surface area contributed by atoms with Crippen LogP contribution in [0.25, 0.3) is 0 Å². The van der Waals surface area contributed by atoms with E-state index >= 15 is 0 Å². The first-order chi connectivity index (χ1) is 8.67. The standard InChI is InChI=1S/C14H21BrN2O2/c1-14(2,3)8-10(16)7-13(19)17-11-6-9(15)4-5-12(11)18/h4-6,10,18H,7-8,16H2,1-3H3,(H,17,19). The number of anilines is 1. The number of halogens is 1. The number of benzene rings is 1. The molecule has 1 rings (SSSR count). The van der Waals surface area contributed by atoms with Crippen molar-refractivity contribution < 1.29 is 9.90 Å². The average molecular weight is 329 g/mol. The topological polar surface area (TPSA) is 75.4 Å². The molecule has 4 nitrogen and oxygen atoms in total. The molecule has 106 valence electrons. The Labute approximate surface area is 122 Å². The predicted octanol–water partition coefficient (Wildman–Crippen LogP) is 3.25. The Balaban J connectivity index is 2.58. The van der Waals surface area contributed by atoms with Crippen LogP contribution in [0.4, 0.5) is 5.69 Å². The van der Waals surface area contributed by atoms with Crippen molar-refractivity contribution in [3.8, 4) is 5.75 Å². The molecule has 0 aliphatic rings. The molecule has 1 atom stereocenters. The fourth-order valence-electron chi connectivity index (χ4n) is 1.91. The summed E-state index contributed by atoms with van der Waals surface area (Å²) in [5.41, 5.74) is 6.44. The van der Waals surface area contributed by atoms with Crippen LogP contribution >= 0.6 is 15.9 Å². The molecule has 0 spiro atoms. The summed E-state index contributed by atoms with van der Waals surface area (Å²) in [5.74, 6) is -0.147. The zero-order chi connectivity index (χ0) is 14.6. The highest BCUT2D eigenvalue weighted by molar-refractivity contribution is 9.10. The second-order valence-corrected chi connectivity index (χ2v) is 6.85. The summed E-state index contributed by atoms with van der Waals surface area (Å²) in [4.78, 5) is 11.9. The zero-order valence-electron chi connectivity index (χ0n) is 11.5. The number of nitrogens with two attached hydrogens (primary N) is 1. The molecule has 0 bridgehead atoms. The van der Waals surface area contributed by atoms with E-state index in [1.54, 1.807) is 12.1 Å². The van der Waals surface area contributed by atoms with E-state index < -0.39 is 0 Å². The average Bonchev–Trinajstić information content (AvgIpc) is 2.20. The third-order valence-corrected chi connectivity index (χ3v) is 3.05. The number of aromatic hydroxyl groups is 1. The Bertz CT molecular complexity index is 455. The van der Waals surface area contributed by atoms with Crippen LogP contribution in [-0.4, -0.2) is 17.1 Å². The molecular weight excluding hydrogens is 308 g/mol. The molecule has 5 heteroatoms. The quantitative estimate of drug-likeness (QED) is 0.742. The first-order valence-electron chi connectivity index (χ1n) is 6.21. The summed E-state index contributed by atoms with van der Waals surface area (Å²) in [6.45, 7) is 6.26. The van der Waals surface area contributed by atoms with E-state index in [0.717, 1.165) is 10.9 Å². The van der Waals surface area contributed by atoms with Gasteiger partial charge in [0.1, 0.15) is 5.75 Å². The highest BCUT2D eigenvalue weighted by Crippen LogP contribution is 2.27. The second-order valence-electron chi connectivity index (χ2n) is 5.94. The fraction of sp³-hybridized carbons (Fsp3) is 0.500. The van der Waals surface area contributed by atoms with Gasteiger partial charge in [-0.25, -0.2) is 0 Å². The van der Waals surface area contributed by atoms with Gasteiger partial charge in [-0.3, -0.25) is 4.79 Å². The van der Waals surface area contributed by atoms with Crippen LogP contribution in [0.5, 0.6) is 5.75 Å². The Morgan fingerprint density at radius 3 is 2.68 bits per heavy atom. The number of carbonyl (C=O) groups excluding carboxylic acids is 1. The molecule has 4 N–H and O–H groups in total. The molecule has 0 aliphatic heterocycles. The summed E-state index contributed by atoms with van der Waals surface area (Å²) >= 11 is 3.29. The van der Waals surface area contributed by atoms with Crippen molar-refractivity contribution in [2.45, 2.75) is 39.7 Å². The minimum absolute atomic E-state index is 0.0425. The molecule has 0 radical (unpaired) electrons. The van der Waals surface area contributed by atoms with Gasteiger partial charge in [0.15, 0.2) is 0 Å². The lowest BCUT2D eigenvalue weighted by Crippen LogP contribution is -2.31. The lowest BCUT2D eigenvalue weighted by molar-refractivity contribution is -0.116. The van der Waals surface area contributed by atoms with E-state index in [1.807, 2.05) is 0 Å². The number of hydrogen-bond acceptors (Lipinski definition) is 3. The van der Waals surface area contributed by atoms with Crippen LogP contribution in [0, 0.1) is 5.41 Å². The molecule has 19 heavy (non-hydrogen) atoms. The van der Waals surface area contributed by atoms with E-state index in [9.17, 15) is 9.90 Å². The smallest absolute Gasteiger partial charge is 0.226 e. The number of rotatable bonds is 4. The van der Waals surface area contributed by atoms with Gasteiger partial charge in [0.2, 0.25) is 5.91 Å². The Morgan fingerprint density at radius 1 is 1.47 bits per heavy atom. The summed E-state index contributed by atoms with van der Waals surface area (Å²) in [6.07, 6.45) is 1.01. The lowest BCUT2D eigenvalue weighted by atomic mass is 9.87. The van der Waals surface area contributed by atoms with Gasteiger partial charge in [0, 0.05) is 16.9 Å². The number of phenolic OH excluding ortho intramolecular Hbond substituents is 1. The number of hydrogen-bond donors (Lipinski definition) is 3. The molecule has 1 aromatic carbocycles. The molecule has 0 saturated carbocycles. The lowest BCUT2D eigenvalue weighted by Gasteiger charge is -2.22. The number of nitrogens with one attached hydrogen (secondary N) is 1. The van der Waals surface area contributed by atoms with Gasteiger partial charge in [-0.2, -0.15) is 0 Å². The van der Waals surface area contributed by atoms with Crippen molar-refractivity contribution in [2.24, 2.45) is 11.1 Å². The third-order valence-electron chi connectivity index (χ3n) is 2.55. The SMILES string of the molecule is CC(C)(C)CC(N)CC(=O)Nc1cc(Br)ccc1O. The molecule has 1 unspecified atom stereocenters. The number of carbonyl (C=O) groups is 1. The minimum Gasteiger partial charge on any atom is -0.506 e. The Morgan fingerprint density at radius 2 is 2.11 bits per heavy atom. The fourth-order valence-corrected chi connectivity index (χ4v) is 2.27. The Hall–Kier alpha value is -1.07. The maximum Gasteiger partial charge on any atom is 0.226 e. The van der Waals surface area contributed by atoms with Crippen LogP contribution in [-0.2, 0) is 4.79 Å². The molecule has 0 heterocycles. The van der Waals surface area contributed by atoms with Gasteiger partial charge in [-0.1, -0.05) is 36.7 Å². The van der Waals surface area contributed by atoms with Crippen molar-refractivity contribution in [3.63, 3.8) is 0 Å². The monoisotopic (exact) mass is 328 g/mol. The van der Waals surface area contributed by atoms with Crippen LogP contribution in [0.2, 0.25) is 0 Å². The van der Waals surface area contributed by atoms with Crippen LogP contribution < -0.4 is 11.1 Å². The second kappa shape index (κ2) is 6.39. The minimum atomic E-state index is -0.190. The number of amides is 1. The summed E-state index contributed by atoms with van der Waals surface area (Å²) < 4.78 is 0.791. The van der Waals surface area contributed by atoms with E-state index in [0.29, 0.717) is 5.69 Å². The maximum atomic E-state index is 11.9. The van der Waals surface area contributed by atoms with Crippen LogP contribution in [0.1, 0.15) is 33.6 Å². The zero-order valence-corrected chi connectivity index (χ0v) is 13.1. The van der Waals surface area contributed by atoms with Crippen molar-refractivity contribution in [1.82, 2.24) is 0 Å². The third kappa shape index (κ3) is 6.07. The summed E-state index contributed by atoms with van der Waals surface area (Å²) in [6, 6.07) is 4.70. The van der Waals surface area contributed by atoms with E-state index in [1.165, 1.54) is 6.07 Å². The first kappa shape index (κ1) is 16.0. The van der Waals surface area contributed by atoms with Gasteiger partial charge in [0.25, 0.3) is 0 Å². The molecule has 0 saturated heterocycles. The molecule has 0 aliphatic carbocycles. The molecule has 0 aromatic heterocycles. The van der Waals surface area contributed by atoms with E-state index in [4.69, 9.17) is 5.73 Å². The van der Waals surface area contributed by atoms with Gasteiger partial charge in [-0.05, 0) is 30.0 Å². The van der Waals surface area contributed by atoms with Crippen molar-refractivity contribution >= 4 is 27.5 Å². The van der Waals surface area contributed by atoms with Crippen molar-refractivity contribution in [3.05, 3.63) is 22.7 Å². The number of phenols is 1. The van der Waals surface area contributed by atoms with Crippen molar-refractivity contribution in [1.29, 1.82) is 0 Å². The summed E-state index contributed by atoms with van der Waals surface area (Å²) in [7, 11) is 0.